The molecule has 0 radical (unpaired) electrons. The molecule has 1 aliphatic heterocycles. The zero-order valence-corrected chi connectivity index (χ0v) is 14.3. The number of benzene rings is 1. The number of hydrogen-bond donors (Lipinski definition) is 1. The number of hydrogen-bond acceptors (Lipinski definition) is 4. The highest BCUT2D eigenvalue weighted by atomic mass is 16.2. The predicted octanol–water partition coefficient (Wildman–Crippen LogP) is 3.93. The summed E-state index contributed by atoms with van der Waals surface area (Å²) >= 11 is 0. The second kappa shape index (κ2) is 7.43. The third kappa shape index (κ3) is 3.55. The summed E-state index contributed by atoms with van der Waals surface area (Å²) in [6.07, 6.45) is 4.35. The fourth-order valence-corrected chi connectivity index (χ4v) is 3.20. The Balaban J connectivity index is 1.72. The minimum atomic E-state index is -0.00325. The van der Waals surface area contributed by atoms with Gasteiger partial charge in [0.15, 0.2) is 11.5 Å². The Bertz CT molecular complexity index is 699. The van der Waals surface area contributed by atoms with Crippen LogP contribution in [0.25, 0.3) is 0 Å². The number of aryl methyl sites for hydroxylation is 1. The number of nitrogens with one attached hydrogen (secondary N) is 1. The first kappa shape index (κ1) is 16.4. The molecule has 24 heavy (non-hydrogen) atoms. The average molecular weight is 324 g/mol. The van der Waals surface area contributed by atoms with Gasteiger partial charge >= 0.3 is 0 Å². The van der Waals surface area contributed by atoms with E-state index in [-0.39, 0.29) is 5.91 Å². The summed E-state index contributed by atoms with van der Waals surface area (Å²) in [6.45, 7) is 4.99. The highest BCUT2D eigenvalue weighted by molar-refractivity contribution is 5.92. The van der Waals surface area contributed by atoms with E-state index in [0.29, 0.717) is 17.6 Å². The molecule has 126 valence electrons. The van der Waals surface area contributed by atoms with Crippen LogP contribution in [0, 0.1) is 6.92 Å². The molecule has 5 heteroatoms. The van der Waals surface area contributed by atoms with Crippen LogP contribution in [0.3, 0.4) is 0 Å². The lowest BCUT2D eigenvalue weighted by molar-refractivity contribution is 0.0601. The maximum Gasteiger partial charge on any atom is 0.274 e. The molecular formula is C19H24N4O. The third-order valence-electron chi connectivity index (χ3n) is 4.65. The monoisotopic (exact) mass is 324 g/mol. The number of nitrogens with zero attached hydrogens (tertiary/aromatic N) is 3. The molecule has 1 amide bonds. The maximum atomic E-state index is 12.7. The van der Waals surface area contributed by atoms with Crippen LogP contribution < -0.4 is 5.32 Å². The van der Waals surface area contributed by atoms with Gasteiger partial charge in [0.1, 0.15) is 0 Å². The number of piperidine rings is 1. The van der Waals surface area contributed by atoms with Crippen LogP contribution >= 0.6 is 0 Å². The topological polar surface area (TPSA) is 58.1 Å². The Hall–Kier alpha value is -2.43. The number of likely N-dealkylation sites (tertiary alicyclic amines) is 1. The van der Waals surface area contributed by atoms with Gasteiger partial charge in [0.25, 0.3) is 5.91 Å². The van der Waals surface area contributed by atoms with Crippen molar-refractivity contribution in [1.29, 1.82) is 0 Å². The second-order valence-electron chi connectivity index (χ2n) is 6.30. The molecule has 0 aliphatic carbocycles. The number of para-hydroxylation sites is 1. The van der Waals surface area contributed by atoms with Crippen molar-refractivity contribution in [1.82, 2.24) is 15.1 Å². The number of amides is 1. The lowest BCUT2D eigenvalue weighted by atomic mass is 9.99. The number of carbonyl (C=O) groups excluding carboxylic acids is 1. The normalized spacial score (nSPS) is 17.6. The summed E-state index contributed by atoms with van der Waals surface area (Å²) < 4.78 is 0. The van der Waals surface area contributed by atoms with E-state index in [1.165, 1.54) is 6.42 Å². The molecule has 1 fully saturated rings. The molecule has 2 heterocycles. The third-order valence-corrected chi connectivity index (χ3v) is 4.65. The summed E-state index contributed by atoms with van der Waals surface area (Å²) in [5.74, 6) is 0.642. The highest BCUT2D eigenvalue weighted by Gasteiger charge is 2.27. The van der Waals surface area contributed by atoms with Gasteiger partial charge in [-0.15, -0.1) is 10.2 Å². The molecule has 1 N–H and O–H groups in total. The van der Waals surface area contributed by atoms with Crippen LogP contribution in [0.15, 0.2) is 36.4 Å². The molecule has 1 atom stereocenters. The van der Waals surface area contributed by atoms with E-state index in [1.807, 2.05) is 42.2 Å². The Morgan fingerprint density at radius 2 is 2.04 bits per heavy atom. The first-order chi connectivity index (χ1) is 11.7. The summed E-state index contributed by atoms with van der Waals surface area (Å²) in [5, 5.41) is 11.6. The molecule has 1 aromatic carbocycles. The van der Waals surface area contributed by atoms with Crippen molar-refractivity contribution >= 4 is 17.4 Å². The van der Waals surface area contributed by atoms with Crippen molar-refractivity contribution in [2.45, 2.75) is 45.6 Å². The van der Waals surface area contributed by atoms with Crippen LogP contribution in [0.4, 0.5) is 11.5 Å². The van der Waals surface area contributed by atoms with Gasteiger partial charge in [-0.3, -0.25) is 4.79 Å². The fourth-order valence-electron chi connectivity index (χ4n) is 3.20. The van der Waals surface area contributed by atoms with Crippen molar-refractivity contribution in [2.24, 2.45) is 0 Å². The highest BCUT2D eigenvalue weighted by Crippen LogP contribution is 2.22. The average Bonchev–Trinajstić information content (AvgIpc) is 2.63. The summed E-state index contributed by atoms with van der Waals surface area (Å²) in [6, 6.07) is 11.9. The van der Waals surface area contributed by atoms with E-state index < -0.39 is 0 Å². The lowest BCUT2D eigenvalue weighted by Gasteiger charge is -2.34. The lowest BCUT2D eigenvalue weighted by Crippen LogP contribution is -2.43. The van der Waals surface area contributed by atoms with E-state index >= 15 is 0 Å². The first-order valence-electron chi connectivity index (χ1n) is 8.66. The van der Waals surface area contributed by atoms with Crippen LogP contribution in [-0.2, 0) is 0 Å². The standard InChI is InChI=1S/C19H24N4O/c1-3-15-9-6-7-13-23(15)19(24)17-11-12-18(22-21-17)20-16-10-5-4-8-14(16)2/h4-5,8,10-12,15H,3,6-7,9,13H2,1-2H3,(H,20,22). The minimum absolute atomic E-state index is 0.00325. The van der Waals surface area contributed by atoms with Crippen molar-refractivity contribution < 1.29 is 4.79 Å². The van der Waals surface area contributed by atoms with Crippen LogP contribution in [0.1, 0.15) is 48.7 Å². The molecule has 1 saturated heterocycles. The van der Waals surface area contributed by atoms with Crippen LogP contribution in [0.5, 0.6) is 0 Å². The first-order valence-corrected chi connectivity index (χ1v) is 8.66. The van der Waals surface area contributed by atoms with Gasteiger partial charge < -0.3 is 10.2 Å². The Kier molecular flexibility index (Phi) is 5.08. The largest absolute Gasteiger partial charge is 0.339 e. The summed E-state index contributed by atoms with van der Waals surface area (Å²) in [5.41, 5.74) is 2.55. The molecule has 1 aliphatic rings. The Labute approximate surface area is 143 Å². The molecule has 1 unspecified atom stereocenters. The van der Waals surface area contributed by atoms with Gasteiger partial charge in [-0.1, -0.05) is 25.1 Å². The van der Waals surface area contributed by atoms with Gasteiger partial charge in [0.2, 0.25) is 0 Å². The SMILES string of the molecule is CCC1CCCCN1C(=O)c1ccc(Nc2ccccc2C)nn1. The number of aromatic nitrogens is 2. The van der Waals surface area contributed by atoms with Gasteiger partial charge in [-0.2, -0.15) is 0 Å². The molecule has 2 aromatic rings. The number of rotatable bonds is 4. The zero-order valence-electron chi connectivity index (χ0n) is 14.3. The van der Waals surface area contributed by atoms with Gasteiger partial charge in [-0.05, 0) is 56.4 Å². The number of anilines is 2. The van der Waals surface area contributed by atoms with E-state index in [2.05, 4.69) is 22.4 Å². The van der Waals surface area contributed by atoms with Crippen molar-refractivity contribution in [2.75, 3.05) is 11.9 Å². The molecule has 1 aromatic heterocycles. The van der Waals surface area contributed by atoms with Gasteiger partial charge in [-0.25, -0.2) is 0 Å². The molecular weight excluding hydrogens is 300 g/mol. The van der Waals surface area contributed by atoms with Crippen molar-refractivity contribution in [3.8, 4) is 0 Å². The molecule has 0 saturated carbocycles. The van der Waals surface area contributed by atoms with Crippen molar-refractivity contribution in [3.63, 3.8) is 0 Å². The van der Waals surface area contributed by atoms with E-state index in [9.17, 15) is 4.79 Å². The Morgan fingerprint density at radius 3 is 2.75 bits per heavy atom. The van der Waals surface area contributed by atoms with E-state index in [0.717, 1.165) is 37.1 Å². The second-order valence-corrected chi connectivity index (χ2v) is 6.30. The van der Waals surface area contributed by atoms with Crippen molar-refractivity contribution in [3.05, 3.63) is 47.7 Å². The fraction of sp³-hybridized carbons (Fsp3) is 0.421. The van der Waals surface area contributed by atoms with E-state index in [4.69, 9.17) is 0 Å². The summed E-state index contributed by atoms with van der Waals surface area (Å²) in [7, 11) is 0. The number of carbonyl (C=O) groups is 1. The van der Waals surface area contributed by atoms with Crippen LogP contribution in [0.2, 0.25) is 0 Å². The molecule has 0 bridgehead atoms. The molecule has 3 rings (SSSR count). The zero-order chi connectivity index (χ0) is 16.9. The van der Waals surface area contributed by atoms with E-state index in [1.54, 1.807) is 6.07 Å². The smallest absolute Gasteiger partial charge is 0.274 e. The van der Waals surface area contributed by atoms with Gasteiger partial charge in [0.05, 0.1) is 0 Å². The minimum Gasteiger partial charge on any atom is -0.339 e. The molecule has 5 nitrogen and oxygen atoms in total. The maximum absolute atomic E-state index is 12.7. The quantitative estimate of drug-likeness (QED) is 0.925. The Morgan fingerprint density at radius 1 is 1.21 bits per heavy atom. The molecule has 0 spiro atoms. The van der Waals surface area contributed by atoms with Crippen LogP contribution in [-0.4, -0.2) is 33.6 Å². The van der Waals surface area contributed by atoms with Gasteiger partial charge in [0, 0.05) is 18.3 Å². The predicted molar refractivity (Wildman–Crippen MR) is 95.5 cm³/mol. The summed E-state index contributed by atoms with van der Waals surface area (Å²) in [4.78, 5) is 14.7.